The summed E-state index contributed by atoms with van der Waals surface area (Å²) in [5, 5.41) is 0.504. The Morgan fingerprint density at radius 3 is 2.59 bits per heavy atom. The highest BCUT2D eigenvalue weighted by Gasteiger charge is 2.33. The first-order valence-corrected chi connectivity index (χ1v) is 10.6. The van der Waals surface area contributed by atoms with E-state index >= 15 is 0 Å². The fourth-order valence-corrected chi connectivity index (χ4v) is 5.90. The van der Waals surface area contributed by atoms with Gasteiger partial charge in [0.05, 0.1) is 6.04 Å². The SMILES string of the molecule is CCc1c(C)sc2c1CCN(Cc1c(F)cccc1Cl)C2c1ccccc1. The van der Waals surface area contributed by atoms with Gasteiger partial charge in [0.25, 0.3) is 0 Å². The molecule has 0 saturated heterocycles. The van der Waals surface area contributed by atoms with Crippen molar-refractivity contribution in [3.63, 3.8) is 0 Å². The molecule has 0 amide bonds. The van der Waals surface area contributed by atoms with Crippen molar-refractivity contribution in [1.82, 2.24) is 4.90 Å². The number of fused-ring (bicyclic) bond motifs is 1. The van der Waals surface area contributed by atoms with E-state index in [1.54, 1.807) is 12.1 Å². The summed E-state index contributed by atoms with van der Waals surface area (Å²) >= 11 is 8.23. The van der Waals surface area contributed by atoms with Crippen molar-refractivity contribution in [1.29, 1.82) is 0 Å². The van der Waals surface area contributed by atoms with E-state index in [0.717, 1.165) is 19.4 Å². The second kappa shape index (κ2) is 7.75. The fourth-order valence-electron chi connectivity index (χ4n) is 4.21. The maximum atomic E-state index is 14.4. The molecule has 1 aliphatic rings. The second-order valence-corrected chi connectivity index (χ2v) is 8.73. The van der Waals surface area contributed by atoms with E-state index in [-0.39, 0.29) is 11.9 Å². The average molecular weight is 400 g/mol. The standard InChI is InChI=1S/C23H23ClFNS/c1-3-17-15(2)27-23-18(17)12-13-26(22(23)16-8-5-4-6-9-16)14-19-20(24)10-7-11-21(19)25/h4-11,22H,3,12-14H2,1-2H3. The molecule has 2 aromatic carbocycles. The third-order valence-electron chi connectivity index (χ3n) is 5.50. The molecule has 0 bridgehead atoms. The summed E-state index contributed by atoms with van der Waals surface area (Å²) in [5.74, 6) is -0.225. The van der Waals surface area contributed by atoms with Crippen LogP contribution in [0.25, 0.3) is 0 Å². The van der Waals surface area contributed by atoms with Crippen molar-refractivity contribution >= 4 is 22.9 Å². The predicted molar refractivity (Wildman–Crippen MR) is 112 cm³/mol. The molecule has 0 aliphatic carbocycles. The molecule has 140 valence electrons. The lowest BCUT2D eigenvalue weighted by molar-refractivity contribution is 0.205. The molecule has 1 nitrogen and oxygen atoms in total. The first-order valence-electron chi connectivity index (χ1n) is 9.43. The Balaban J connectivity index is 1.79. The molecular weight excluding hydrogens is 377 g/mol. The Kier molecular flexibility index (Phi) is 5.36. The van der Waals surface area contributed by atoms with Crippen molar-refractivity contribution < 1.29 is 4.39 Å². The van der Waals surface area contributed by atoms with Crippen LogP contribution in [0.1, 0.15) is 45.0 Å². The van der Waals surface area contributed by atoms with E-state index in [0.29, 0.717) is 17.1 Å². The fraction of sp³-hybridized carbons (Fsp3) is 0.304. The summed E-state index contributed by atoms with van der Waals surface area (Å²) in [6, 6.07) is 15.7. The molecule has 0 fully saturated rings. The Bertz CT molecular complexity index is 930. The van der Waals surface area contributed by atoms with Gasteiger partial charge in [0.2, 0.25) is 0 Å². The molecule has 4 rings (SSSR count). The third-order valence-corrected chi connectivity index (χ3v) is 7.10. The van der Waals surface area contributed by atoms with Gasteiger partial charge in [-0.2, -0.15) is 0 Å². The van der Waals surface area contributed by atoms with Crippen LogP contribution in [0.5, 0.6) is 0 Å². The highest BCUT2D eigenvalue weighted by molar-refractivity contribution is 7.12. The molecule has 1 atom stereocenters. The van der Waals surface area contributed by atoms with Gasteiger partial charge < -0.3 is 0 Å². The zero-order valence-electron chi connectivity index (χ0n) is 15.6. The first kappa shape index (κ1) is 18.7. The van der Waals surface area contributed by atoms with Gasteiger partial charge in [-0.1, -0.05) is 54.9 Å². The van der Waals surface area contributed by atoms with Gasteiger partial charge in [-0.05, 0) is 48.6 Å². The van der Waals surface area contributed by atoms with E-state index in [1.165, 1.54) is 32.5 Å². The van der Waals surface area contributed by atoms with E-state index in [9.17, 15) is 4.39 Å². The zero-order chi connectivity index (χ0) is 19.0. The van der Waals surface area contributed by atoms with Crippen molar-refractivity contribution in [2.45, 2.75) is 39.3 Å². The van der Waals surface area contributed by atoms with Gasteiger partial charge >= 0.3 is 0 Å². The van der Waals surface area contributed by atoms with Crippen molar-refractivity contribution in [3.05, 3.63) is 91.4 Å². The van der Waals surface area contributed by atoms with Crippen LogP contribution in [0.15, 0.2) is 48.5 Å². The number of benzene rings is 2. The normalized spacial score (nSPS) is 17.1. The molecule has 3 aromatic rings. The minimum Gasteiger partial charge on any atom is -0.287 e. The van der Waals surface area contributed by atoms with Crippen LogP contribution < -0.4 is 0 Å². The van der Waals surface area contributed by atoms with Crippen molar-refractivity contribution in [3.8, 4) is 0 Å². The third kappa shape index (κ3) is 3.44. The number of hydrogen-bond acceptors (Lipinski definition) is 2. The lowest BCUT2D eigenvalue weighted by Gasteiger charge is -2.36. The summed E-state index contributed by atoms with van der Waals surface area (Å²) in [5.41, 5.74) is 4.85. The number of hydrogen-bond donors (Lipinski definition) is 0. The van der Waals surface area contributed by atoms with E-state index in [1.807, 2.05) is 17.4 Å². The van der Waals surface area contributed by atoms with Crippen molar-refractivity contribution in [2.24, 2.45) is 0 Å². The Morgan fingerprint density at radius 2 is 1.89 bits per heavy atom. The zero-order valence-corrected chi connectivity index (χ0v) is 17.2. The minimum absolute atomic E-state index is 0.148. The minimum atomic E-state index is -0.225. The molecule has 0 radical (unpaired) electrons. The highest BCUT2D eigenvalue weighted by atomic mass is 35.5. The van der Waals surface area contributed by atoms with Crippen LogP contribution in [0.2, 0.25) is 5.02 Å². The molecule has 1 aliphatic heterocycles. The number of nitrogens with zero attached hydrogens (tertiary/aromatic N) is 1. The quantitative estimate of drug-likeness (QED) is 0.480. The summed E-state index contributed by atoms with van der Waals surface area (Å²) in [6.07, 6.45) is 2.08. The summed E-state index contributed by atoms with van der Waals surface area (Å²) in [4.78, 5) is 5.20. The van der Waals surface area contributed by atoms with E-state index < -0.39 is 0 Å². The van der Waals surface area contributed by atoms with Gasteiger partial charge in [-0.15, -0.1) is 11.3 Å². The molecular formula is C23H23ClFNS. The smallest absolute Gasteiger partial charge is 0.129 e. The van der Waals surface area contributed by atoms with Crippen LogP contribution in [0, 0.1) is 12.7 Å². The summed E-state index contributed by atoms with van der Waals surface area (Å²) in [6.45, 7) is 5.88. The Morgan fingerprint density at radius 1 is 1.11 bits per heavy atom. The monoisotopic (exact) mass is 399 g/mol. The molecule has 0 saturated carbocycles. The predicted octanol–water partition coefficient (Wildman–Crippen LogP) is 6.56. The molecule has 4 heteroatoms. The number of thiophene rings is 1. The largest absolute Gasteiger partial charge is 0.287 e. The lowest BCUT2D eigenvalue weighted by Crippen LogP contribution is -2.35. The second-order valence-electron chi connectivity index (χ2n) is 7.07. The first-order chi connectivity index (χ1) is 13.1. The van der Waals surface area contributed by atoms with Crippen LogP contribution in [-0.4, -0.2) is 11.4 Å². The maximum absolute atomic E-state index is 14.4. The summed E-state index contributed by atoms with van der Waals surface area (Å²) in [7, 11) is 0. The lowest BCUT2D eigenvalue weighted by atomic mass is 9.91. The molecule has 2 heterocycles. The topological polar surface area (TPSA) is 3.24 Å². The summed E-state index contributed by atoms with van der Waals surface area (Å²) < 4.78 is 14.4. The molecule has 27 heavy (non-hydrogen) atoms. The number of aryl methyl sites for hydroxylation is 1. The van der Waals surface area contributed by atoms with Crippen molar-refractivity contribution in [2.75, 3.05) is 6.54 Å². The van der Waals surface area contributed by atoms with Crippen LogP contribution >= 0.6 is 22.9 Å². The van der Waals surface area contributed by atoms with Gasteiger partial charge in [-0.3, -0.25) is 4.90 Å². The van der Waals surface area contributed by atoms with Crippen LogP contribution in [-0.2, 0) is 19.4 Å². The van der Waals surface area contributed by atoms with Gasteiger partial charge in [-0.25, -0.2) is 4.39 Å². The Labute approximate surface area is 169 Å². The molecule has 0 spiro atoms. The molecule has 1 aromatic heterocycles. The average Bonchev–Trinajstić information content (AvgIpc) is 3.00. The van der Waals surface area contributed by atoms with E-state index in [2.05, 4.69) is 43.0 Å². The van der Waals surface area contributed by atoms with Crippen LogP contribution in [0.4, 0.5) is 4.39 Å². The van der Waals surface area contributed by atoms with Crippen LogP contribution in [0.3, 0.4) is 0 Å². The molecule has 0 N–H and O–H groups in total. The van der Waals surface area contributed by atoms with Gasteiger partial charge in [0.1, 0.15) is 5.82 Å². The maximum Gasteiger partial charge on any atom is 0.129 e. The number of halogens is 2. The highest BCUT2D eigenvalue weighted by Crippen LogP contribution is 2.43. The van der Waals surface area contributed by atoms with Gasteiger partial charge in [0.15, 0.2) is 0 Å². The van der Waals surface area contributed by atoms with E-state index in [4.69, 9.17) is 11.6 Å². The Hall–Kier alpha value is -1.68. The molecule has 1 unspecified atom stereocenters. The number of rotatable bonds is 4. The van der Waals surface area contributed by atoms with Gasteiger partial charge in [0, 0.05) is 33.4 Å².